The molecule has 0 spiro atoms. The second-order valence-corrected chi connectivity index (χ2v) is 9.22. The Balaban J connectivity index is 2.59. The lowest BCUT2D eigenvalue weighted by atomic mass is 10.1. The zero-order valence-electron chi connectivity index (χ0n) is 19.5. The van der Waals surface area contributed by atoms with E-state index in [0.717, 1.165) is 24.8 Å². The fourth-order valence-corrected chi connectivity index (χ4v) is 3.60. The normalized spacial score (nSPS) is 13.1. The van der Waals surface area contributed by atoms with Crippen LogP contribution in [0, 0.1) is 5.92 Å². The summed E-state index contributed by atoms with van der Waals surface area (Å²) in [6, 6.07) is 4.95. The first kappa shape index (κ1) is 27.7. The summed E-state index contributed by atoms with van der Waals surface area (Å²) in [6.07, 6.45) is 7.57. The number of methoxy groups -OCH3 is 2. The number of ether oxygens (including phenoxy) is 2. The molecule has 0 fully saturated rings. The summed E-state index contributed by atoms with van der Waals surface area (Å²) in [4.78, 5) is 23.4. The van der Waals surface area contributed by atoms with Crippen LogP contribution in [0.3, 0.4) is 0 Å². The van der Waals surface area contributed by atoms with Gasteiger partial charge >= 0.3 is 13.7 Å². The third-order valence-electron chi connectivity index (χ3n) is 4.37. The topological polar surface area (TPSA) is 112 Å². The van der Waals surface area contributed by atoms with Crippen molar-refractivity contribution in [3.05, 3.63) is 35.9 Å². The summed E-state index contributed by atoms with van der Waals surface area (Å²) >= 11 is 0. The summed E-state index contributed by atoms with van der Waals surface area (Å²) in [6.45, 7) is 4.25. The molecule has 0 radical (unpaired) electrons. The van der Waals surface area contributed by atoms with Gasteiger partial charge in [0.15, 0.2) is 11.5 Å². The number of amides is 1. The monoisotopic (exact) mass is 470 g/mol. The first-order chi connectivity index (χ1) is 15.2. The van der Waals surface area contributed by atoms with E-state index in [1.807, 2.05) is 0 Å². The van der Waals surface area contributed by atoms with Gasteiger partial charge in [0.1, 0.15) is 6.54 Å². The summed E-state index contributed by atoms with van der Waals surface area (Å²) in [5.41, 5.74) is 0.789. The Kier molecular flexibility index (Phi) is 12.7. The molecule has 1 amide bonds. The predicted octanol–water partition coefficient (Wildman–Crippen LogP) is 3.98. The number of benzene rings is 1. The Labute approximate surface area is 190 Å². The average Bonchev–Trinajstić information content (AvgIpc) is 2.78. The highest BCUT2D eigenvalue weighted by molar-refractivity contribution is 7.52. The second-order valence-electron chi connectivity index (χ2n) is 7.36. The molecule has 1 unspecified atom stereocenters. The number of rotatable bonds is 15. The number of carbonyl (C=O) groups excluding carboxylic acids is 2. The highest BCUT2D eigenvalue weighted by Gasteiger charge is 2.27. The highest BCUT2D eigenvalue weighted by Crippen LogP contribution is 2.46. The summed E-state index contributed by atoms with van der Waals surface area (Å²) < 4.78 is 32.8. The van der Waals surface area contributed by atoms with E-state index in [9.17, 15) is 14.2 Å². The van der Waals surface area contributed by atoms with Crippen LogP contribution in [0.5, 0.6) is 11.5 Å². The minimum atomic E-state index is -3.81. The molecule has 0 saturated carbocycles. The SMILES string of the molecule is COC(=O)CNP(=O)(OC)Oc1ccc(CNC(=O)CCCC/C=C/C(C)C)cc1OC. The molecular weight excluding hydrogens is 435 g/mol. The van der Waals surface area contributed by atoms with Gasteiger partial charge < -0.3 is 19.3 Å². The molecule has 0 aromatic heterocycles. The fourth-order valence-electron chi connectivity index (χ4n) is 2.60. The van der Waals surface area contributed by atoms with E-state index in [1.165, 1.54) is 21.3 Å². The number of esters is 1. The lowest BCUT2D eigenvalue weighted by Crippen LogP contribution is -2.24. The van der Waals surface area contributed by atoms with Crippen LogP contribution in [0.25, 0.3) is 0 Å². The molecule has 180 valence electrons. The summed E-state index contributed by atoms with van der Waals surface area (Å²) in [7, 11) is 0.0481. The van der Waals surface area contributed by atoms with Crippen LogP contribution in [-0.4, -0.2) is 39.8 Å². The molecule has 1 rings (SSSR count). The molecule has 0 aliphatic carbocycles. The molecule has 9 nitrogen and oxygen atoms in total. The summed E-state index contributed by atoms with van der Waals surface area (Å²) in [5, 5.41) is 5.29. The van der Waals surface area contributed by atoms with E-state index in [1.54, 1.807) is 18.2 Å². The van der Waals surface area contributed by atoms with Crippen LogP contribution in [-0.2, 0) is 30.0 Å². The van der Waals surface area contributed by atoms with Gasteiger partial charge in [-0.25, -0.2) is 9.65 Å². The fraction of sp³-hybridized carbons (Fsp3) is 0.545. The van der Waals surface area contributed by atoms with Crippen LogP contribution in [0.15, 0.2) is 30.4 Å². The molecule has 1 aromatic rings. The van der Waals surface area contributed by atoms with Crippen molar-refractivity contribution in [1.82, 2.24) is 10.4 Å². The Morgan fingerprint density at radius 2 is 1.88 bits per heavy atom. The van der Waals surface area contributed by atoms with Crippen molar-refractivity contribution in [2.75, 3.05) is 27.9 Å². The van der Waals surface area contributed by atoms with E-state index < -0.39 is 13.7 Å². The van der Waals surface area contributed by atoms with Crippen molar-refractivity contribution < 1.29 is 32.7 Å². The minimum absolute atomic E-state index is 0.0203. The maximum atomic E-state index is 12.7. The lowest BCUT2D eigenvalue weighted by Gasteiger charge is -2.19. The van der Waals surface area contributed by atoms with Crippen LogP contribution in [0.1, 0.15) is 45.1 Å². The molecule has 32 heavy (non-hydrogen) atoms. The Bertz CT molecular complexity index is 811. The summed E-state index contributed by atoms with van der Waals surface area (Å²) in [5.74, 6) is 0.388. The van der Waals surface area contributed by atoms with E-state index in [4.69, 9.17) is 13.8 Å². The maximum absolute atomic E-state index is 12.7. The Morgan fingerprint density at radius 3 is 2.50 bits per heavy atom. The number of unbranched alkanes of at least 4 members (excludes halogenated alkanes) is 2. The van der Waals surface area contributed by atoms with E-state index in [2.05, 4.69) is 41.1 Å². The molecule has 0 bridgehead atoms. The Morgan fingerprint density at radius 1 is 1.12 bits per heavy atom. The molecule has 0 aliphatic heterocycles. The van der Waals surface area contributed by atoms with Crippen LogP contribution in [0.4, 0.5) is 0 Å². The smallest absolute Gasteiger partial charge is 0.459 e. The molecule has 1 atom stereocenters. The van der Waals surface area contributed by atoms with Gasteiger partial charge in [-0.2, -0.15) is 0 Å². The molecule has 0 heterocycles. The molecule has 0 aliphatic rings. The predicted molar refractivity (Wildman–Crippen MR) is 123 cm³/mol. The standard InChI is InChI=1S/C22H35N2O7P/c1-17(2)10-8-6-7-9-11-21(25)23-15-18-12-13-19(20(14-18)28-3)31-32(27,30-5)24-16-22(26)29-4/h8,10,12-14,17H,6-7,9,11,15-16H2,1-5H3,(H,23,25)(H,24,27)/b10-8+. The highest BCUT2D eigenvalue weighted by atomic mass is 31.2. The zero-order chi connectivity index (χ0) is 24.0. The number of carbonyl (C=O) groups is 2. The van der Waals surface area contributed by atoms with Crippen LogP contribution >= 0.6 is 7.75 Å². The van der Waals surface area contributed by atoms with Crippen LogP contribution < -0.4 is 19.7 Å². The van der Waals surface area contributed by atoms with Gasteiger partial charge in [0, 0.05) is 20.1 Å². The van der Waals surface area contributed by atoms with Gasteiger partial charge in [-0.1, -0.05) is 32.1 Å². The van der Waals surface area contributed by atoms with Gasteiger partial charge in [-0.3, -0.25) is 14.1 Å². The molecular formula is C22H35N2O7P. The van der Waals surface area contributed by atoms with Gasteiger partial charge in [-0.15, -0.1) is 0 Å². The van der Waals surface area contributed by atoms with E-state index >= 15 is 0 Å². The number of nitrogens with one attached hydrogen (secondary N) is 2. The lowest BCUT2D eigenvalue weighted by molar-refractivity contribution is -0.139. The third kappa shape index (κ3) is 10.8. The number of allylic oxidation sites excluding steroid dienone is 2. The van der Waals surface area contributed by atoms with Gasteiger partial charge in [-0.05, 0) is 42.9 Å². The molecule has 0 saturated heterocycles. The largest absolute Gasteiger partial charge is 0.493 e. The Hall–Kier alpha value is -2.35. The van der Waals surface area contributed by atoms with Crippen molar-refractivity contribution in [2.45, 2.75) is 46.1 Å². The van der Waals surface area contributed by atoms with Crippen molar-refractivity contribution in [3.63, 3.8) is 0 Å². The van der Waals surface area contributed by atoms with Gasteiger partial charge in [0.25, 0.3) is 0 Å². The number of hydrogen-bond acceptors (Lipinski definition) is 7. The van der Waals surface area contributed by atoms with Crippen molar-refractivity contribution in [1.29, 1.82) is 0 Å². The first-order valence-electron chi connectivity index (χ1n) is 10.5. The van der Waals surface area contributed by atoms with E-state index in [0.29, 0.717) is 24.6 Å². The minimum Gasteiger partial charge on any atom is -0.493 e. The van der Waals surface area contributed by atoms with E-state index in [-0.39, 0.29) is 18.2 Å². The second kappa shape index (κ2) is 14.7. The quantitative estimate of drug-likeness (QED) is 0.171. The number of hydrogen-bond donors (Lipinski definition) is 2. The van der Waals surface area contributed by atoms with Crippen molar-refractivity contribution >= 4 is 19.6 Å². The zero-order valence-corrected chi connectivity index (χ0v) is 20.4. The van der Waals surface area contributed by atoms with Gasteiger partial charge in [0.2, 0.25) is 5.91 Å². The first-order valence-corrected chi connectivity index (χ1v) is 12.0. The van der Waals surface area contributed by atoms with Crippen LogP contribution in [0.2, 0.25) is 0 Å². The van der Waals surface area contributed by atoms with Crippen molar-refractivity contribution in [3.8, 4) is 11.5 Å². The third-order valence-corrected chi connectivity index (χ3v) is 5.83. The maximum Gasteiger partial charge on any atom is 0.459 e. The van der Waals surface area contributed by atoms with Crippen molar-refractivity contribution in [2.24, 2.45) is 5.92 Å². The average molecular weight is 471 g/mol. The van der Waals surface area contributed by atoms with Gasteiger partial charge in [0.05, 0.1) is 14.2 Å². The molecule has 10 heteroatoms. The molecule has 2 N–H and O–H groups in total. The molecule has 1 aromatic carbocycles.